The van der Waals surface area contributed by atoms with Crippen LogP contribution in [0.2, 0.25) is 5.02 Å². The van der Waals surface area contributed by atoms with E-state index in [1.807, 2.05) is 20.8 Å². The number of hydrogen-bond donors (Lipinski definition) is 1. The van der Waals surface area contributed by atoms with E-state index in [0.29, 0.717) is 35.7 Å². The minimum atomic E-state index is -0.477. The molecular formula is C20H27ClN2O4. The highest BCUT2D eigenvalue weighted by Crippen LogP contribution is 2.38. The molecule has 2 fully saturated rings. The third-order valence-electron chi connectivity index (χ3n) is 4.95. The maximum Gasteiger partial charge on any atom is 0.410 e. The fourth-order valence-corrected chi connectivity index (χ4v) is 3.97. The molecule has 1 saturated carbocycles. The topological polar surface area (TPSA) is 67.9 Å². The quantitative estimate of drug-likeness (QED) is 0.848. The van der Waals surface area contributed by atoms with Crippen LogP contribution in [0.4, 0.5) is 4.79 Å². The number of nitrogens with one attached hydrogen (secondary N) is 1. The van der Waals surface area contributed by atoms with Crippen LogP contribution in [0.15, 0.2) is 24.3 Å². The van der Waals surface area contributed by atoms with Crippen LogP contribution in [0.25, 0.3) is 0 Å². The van der Waals surface area contributed by atoms with Gasteiger partial charge in [-0.3, -0.25) is 4.79 Å². The van der Waals surface area contributed by atoms with Crippen LogP contribution in [0, 0.1) is 11.8 Å². The Bertz CT molecular complexity index is 672. The Balaban J connectivity index is 1.40. The van der Waals surface area contributed by atoms with Gasteiger partial charge in [0.15, 0.2) is 6.61 Å². The molecule has 1 aliphatic heterocycles. The van der Waals surface area contributed by atoms with Crippen LogP contribution in [-0.2, 0) is 9.53 Å². The molecule has 2 unspecified atom stereocenters. The summed E-state index contributed by atoms with van der Waals surface area (Å²) in [7, 11) is 0. The molecule has 0 bridgehead atoms. The summed E-state index contributed by atoms with van der Waals surface area (Å²) in [4.78, 5) is 26.1. The van der Waals surface area contributed by atoms with E-state index < -0.39 is 5.60 Å². The van der Waals surface area contributed by atoms with E-state index in [-0.39, 0.29) is 24.6 Å². The molecule has 7 heteroatoms. The highest BCUT2D eigenvalue weighted by atomic mass is 35.5. The van der Waals surface area contributed by atoms with Crippen LogP contribution in [-0.4, -0.2) is 48.2 Å². The molecule has 1 aromatic carbocycles. The van der Waals surface area contributed by atoms with Gasteiger partial charge in [-0.1, -0.05) is 11.6 Å². The zero-order valence-corrected chi connectivity index (χ0v) is 16.8. The molecule has 6 nitrogen and oxygen atoms in total. The van der Waals surface area contributed by atoms with Gasteiger partial charge < -0.3 is 19.7 Å². The highest BCUT2D eigenvalue weighted by molar-refractivity contribution is 6.30. The molecule has 1 N–H and O–H groups in total. The number of fused-ring (bicyclic) bond motifs is 1. The van der Waals surface area contributed by atoms with Crippen molar-refractivity contribution in [3.8, 4) is 5.75 Å². The maximum absolute atomic E-state index is 12.2. The fourth-order valence-electron chi connectivity index (χ4n) is 3.84. The second kappa shape index (κ2) is 7.97. The van der Waals surface area contributed by atoms with Gasteiger partial charge in [0.2, 0.25) is 0 Å². The first-order chi connectivity index (χ1) is 12.7. The van der Waals surface area contributed by atoms with E-state index in [1.54, 1.807) is 29.2 Å². The second-order valence-electron chi connectivity index (χ2n) is 8.38. The van der Waals surface area contributed by atoms with Crippen molar-refractivity contribution in [2.75, 3.05) is 19.7 Å². The normalized spacial score (nSPS) is 24.4. The summed E-state index contributed by atoms with van der Waals surface area (Å²) in [6.07, 6.45) is 1.53. The number of hydrogen-bond acceptors (Lipinski definition) is 4. The zero-order chi connectivity index (χ0) is 19.6. The molecule has 148 valence electrons. The van der Waals surface area contributed by atoms with E-state index in [9.17, 15) is 9.59 Å². The lowest BCUT2D eigenvalue weighted by atomic mass is 10.0. The number of nitrogens with zero attached hydrogens (tertiary/aromatic N) is 1. The van der Waals surface area contributed by atoms with Gasteiger partial charge in [0.05, 0.1) is 0 Å². The first-order valence-corrected chi connectivity index (χ1v) is 9.73. The highest BCUT2D eigenvalue weighted by Gasteiger charge is 2.43. The van der Waals surface area contributed by atoms with Crippen molar-refractivity contribution in [3.05, 3.63) is 29.3 Å². The van der Waals surface area contributed by atoms with Gasteiger partial charge in [-0.15, -0.1) is 0 Å². The summed E-state index contributed by atoms with van der Waals surface area (Å²) in [5, 5.41) is 3.68. The monoisotopic (exact) mass is 394 g/mol. The Kier molecular flexibility index (Phi) is 5.84. The van der Waals surface area contributed by atoms with E-state index in [0.717, 1.165) is 12.8 Å². The predicted molar refractivity (Wildman–Crippen MR) is 103 cm³/mol. The van der Waals surface area contributed by atoms with Gasteiger partial charge in [-0.25, -0.2) is 4.79 Å². The standard InChI is InChI=1S/C20H27ClN2O4/c1-20(2,3)27-19(25)23-10-13-8-16(9-14(13)11-23)22-18(24)12-26-17-6-4-15(21)5-7-17/h4-7,13-14,16H,8-12H2,1-3H3,(H,22,24). The molecule has 0 spiro atoms. The van der Waals surface area contributed by atoms with Crippen LogP contribution in [0.1, 0.15) is 33.6 Å². The third-order valence-corrected chi connectivity index (χ3v) is 5.20. The first-order valence-electron chi connectivity index (χ1n) is 9.35. The molecule has 1 aromatic rings. The Morgan fingerprint density at radius 1 is 1.15 bits per heavy atom. The molecular weight excluding hydrogens is 368 g/mol. The molecule has 2 aliphatic rings. The lowest BCUT2D eigenvalue weighted by Crippen LogP contribution is -2.39. The number of halogens is 1. The number of ether oxygens (including phenoxy) is 2. The minimum Gasteiger partial charge on any atom is -0.484 e. The summed E-state index contributed by atoms with van der Waals surface area (Å²) in [6.45, 7) is 7.01. The van der Waals surface area contributed by atoms with Crippen molar-refractivity contribution < 1.29 is 19.1 Å². The summed E-state index contributed by atoms with van der Waals surface area (Å²) in [5.74, 6) is 1.32. The molecule has 0 radical (unpaired) electrons. The fraction of sp³-hybridized carbons (Fsp3) is 0.600. The Morgan fingerprint density at radius 2 is 1.74 bits per heavy atom. The van der Waals surface area contributed by atoms with Gasteiger partial charge in [0.25, 0.3) is 5.91 Å². The number of benzene rings is 1. The summed E-state index contributed by atoms with van der Waals surface area (Å²) < 4.78 is 10.9. The number of amides is 2. The summed E-state index contributed by atoms with van der Waals surface area (Å²) >= 11 is 5.83. The van der Waals surface area contributed by atoms with E-state index >= 15 is 0 Å². The molecule has 27 heavy (non-hydrogen) atoms. The Morgan fingerprint density at radius 3 is 2.30 bits per heavy atom. The second-order valence-corrected chi connectivity index (χ2v) is 8.82. The van der Waals surface area contributed by atoms with Crippen molar-refractivity contribution in [2.45, 2.75) is 45.3 Å². The molecule has 2 atom stereocenters. The van der Waals surface area contributed by atoms with Gasteiger partial charge in [-0.2, -0.15) is 0 Å². The Hall–Kier alpha value is -1.95. The number of rotatable bonds is 4. The minimum absolute atomic E-state index is 0.0164. The molecule has 2 amide bonds. The molecule has 1 saturated heterocycles. The number of carbonyl (C=O) groups is 2. The molecule has 1 aliphatic carbocycles. The van der Waals surface area contributed by atoms with Crippen LogP contribution in [0.3, 0.4) is 0 Å². The summed E-state index contributed by atoms with van der Waals surface area (Å²) in [6, 6.07) is 7.07. The van der Waals surface area contributed by atoms with E-state index in [2.05, 4.69) is 5.32 Å². The lowest BCUT2D eigenvalue weighted by Gasteiger charge is -2.25. The van der Waals surface area contributed by atoms with Crippen LogP contribution >= 0.6 is 11.6 Å². The van der Waals surface area contributed by atoms with Gasteiger partial charge >= 0.3 is 6.09 Å². The average Bonchev–Trinajstić information content (AvgIpc) is 3.11. The average molecular weight is 395 g/mol. The largest absolute Gasteiger partial charge is 0.484 e. The summed E-state index contributed by atoms with van der Waals surface area (Å²) in [5.41, 5.74) is -0.477. The van der Waals surface area contributed by atoms with Crippen molar-refractivity contribution in [3.63, 3.8) is 0 Å². The van der Waals surface area contributed by atoms with E-state index in [1.165, 1.54) is 0 Å². The van der Waals surface area contributed by atoms with Crippen molar-refractivity contribution in [1.82, 2.24) is 10.2 Å². The third kappa shape index (κ3) is 5.51. The first kappa shape index (κ1) is 19.8. The van der Waals surface area contributed by atoms with Crippen molar-refractivity contribution >= 4 is 23.6 Å². The van der Waals surface area contributed by atoms with E-state index in [4.69, 9.17) is 21.1 Å². The van der Waals surface area contributed by atoms with Gasteiger partial charge in [0, 0.05) is 24.2 Å². The van der Waals surface area contributed by atoms with Gasteiger partial charge in [0.1, 0.15) is 11.4 Å². The van der Waals surface area contributed by atoms with Crippen LogP contribution < -0.4 is 10.1 Å². The molecule has 3 rings (SSSR count). The van der Waals surface area contributed by atoms with Crippen LogP contribution in [0.5, 0.6) is 5.75 Å². The predicted octanol–water partition coefficient (Wildman–Crippen LogP) is 3.48. The SMILES string of the molecule is CC(C)(C)OC(=O)N1CC2CC(NC(=O)COc3ccc(Cl)cc3)CC2C1. The lowest BCUT2D eigenvalue weighted by molar-refractivity contribution is -0.123. The smallest absolute Gasteiger partial charge is 0.410 e. The van der Waals surface area contributed by atoms with Gasteiger partial charge in [-0.05, 0) is 69.7 Å². The van der Waals surface area contributed by atoms with Crippen molar-refractivity contribution in [1.29, 1.82) is 0 Å². The van der Waals surface area contributed by atoms with Crippen molar-refractivity contribution in [2.24, 2.45) is 11.8 Å². The number of likely N-dealkylation sites (tertiary alicyclic amines) is 1. The maximum atomic E-state index is 12.2. The molecule has 0 aromatic heterocycles. The molecule has 1 heterocycles. The Labute approximate surface area is 165 Å². The number of carbonyl (C=O) groups excluding carboxylic acids is 2. The zero-order valence-electron chi connectivity index (χ0n) is 16.0.